The number of rotatable bonds is 4. The molecule has 0 aliphatic carbocycles. The van der Waals surface area contributed by atoms with E-state index in [0.29, 0.717) is 11.7 Å². The minimum Gasteiger partial charge on any atom is -0.337 e. The number of hydrogen-bond acceptors (Lipinski definition) is 5. The monoisotopic (exact) mass is 331 g/mol. The zero-order valence-corrected chi connectivity index (χ0v) is 14.5. The number of tetrazole rings is 1. The number of thioether (sulfide) groups is 1. The molecule has 6 nitrogen and oxygen atoms in total. The maximum absolute atomic E-state index is 12.7. The van der Waals surface area contributed by atoms with Crippen molar-refractivity contribution in [1.82, 2.24) is 25.1 Å². The second kappa shape index (κ2) is 6.70. The molecule has 0 fully saturated rings. The Bertz CT molecular complexity index is 699. The van der Waals surface area contributed by atoms with Crippen molar-refractivity contribution >= 4 is 17.7 Å². The third-order valence-corrected chi connectivity index (χ3v) is 5.06. The summed E-state index contributed by atoms with van der Waals surface area (Å²) in [7, 11) is 0. The van der Waals surface area contributed by atoms with Crippen LogP contribution >= 0.6 is 11.8 Å². The summed E-state index contributed by atoms with van der Waals surface area (Å²) in [6, 6.07) is 8.51. The van der Waals surface area contributed by atoms with Crippen LogP contribution in [0.25, 0.3) is 0 Å². The molecule has 23 heavy (non-hydrogen) atoms. The summed E-state index contributed by atoms with van der Waals surface area (Å²) in [5, 5.41) is 12.2. The number of amides is 1. The van der Waals surface area contributed by atoms with E-state index in [1.54, 1.807) is 4.68 Å². The molecule has 0 saturated carbocycles. The van der Waals surface area contributed by atoms with Crippen molar-refractivity contribution < 1.29 is 4.79 Å². The number of carbonyl (C=O) groups excluding carboxylic acids is 1. The van der Waals surface area contributed by atoms with Gasteiger partial charge in [-0.1, -0.05) is 36.0 Å². The lowest BCUT2D eigenvalue weighted by atomic mass is 10.00. The summed E-state index contributed by atoms with van der Waals surface area (Å²) >= 11 is 1.42. The van der Waals surface area contributed by atoms with Crippen LogP contribution in [0.4, 0.5) is 0 Å². The first-order valence-corrected chi connectivity index (χ1v) is 8.74. The van der Waals surface area contributed by atoms with E-state index in [2.05, 4.69) is 33.7 Å². The van der Waals surface area contributed by atoms with E-state index in [9.17, 15) is 4.79 Å². The Hall–Kier alpha value is -1.89. The highest BCUT2D eigenvalue weighted by Crippen LogP contribution is 2.26. The molecule has 0 radical (unpaired) electrons. The fourth-order valence-corrected chi connectivity index (χ4v) is 3.74. The topological polar surface area (TPSA) is 63.9 Å². The van der Waals surface area contributed by atoms with Crippen molar-refractivity contribution in [2.75, 3.05) is 6.54 Å². The zero-order valence-electron chi connectivity index (χ0n) is 13.6. The Labute approximate surface area is 140 Å². The summed E-state index contributed by atoms with van der Waals surface area (Å²) in [5.74, 6) is 0.141. The number of benzene rings is 1. The number of hydrogen-bond donors (Lipinski definition) is 0. The van der Waals surface area contributed by atoms with Gasteiger partial charge in [-0.2, -0.15) is 0 Å². The van der Waals surface area contributed by atoms with Gasteiger partial charge in [-0.15, -0.1) is 5.10 Å². The molecule has 2 heterocycles. The van der Waals surface area contributed by atoms with E-state index in [0.717, 1.165) is 13.0 Å². The van der Waals surface area contributed by atoms with Gasteiger partial charge in [0.1, 0.15) is 0 Å². The summed E-state index contributed by atoms with van der Waals surface area (Å²) in [6.07, 6.45) is 0.920. The lowest BCUT2D eigenvalue weighted by Crippen LogP contribution is -2.40. The summed E-state index contributed by atoms with van der Waals surface area (Å²) in [4.78, 5) is 14.7. The third-order valence-electron chi connectivity index (χ3n) is 4.02. The van der Waals surface area contributed by atoms with Gasteiger partial charge in [0.25, 0.3) is 0 Å². The largest absolute Gasteiger partial charge is 0.337 e. The smallest absolute Gasteiger partial charge is 0.236 e. The van der Waals surface area contributed by atoms with Crippen LogP contribution in [0, 0.1) is 0 Å². The van der Waals surface area contributed by atoms with Crippen LogP contribution in [0.2, 0.25) is 0 Å². The van der Waals surface area contributed by atoms with Crippen LogP contribution < -0.4 is 0 Å². The van der Waals surface area contributed by atoms with E-state index in [1.165, 1.54) is 22.9 Å². The number of nitrogens with zero attached hydrogens (tertiary/aromatic N) is 5. The quantitative estimate of drug-likeness (QED) is 0.805. The Morgan fingerprint density at radius 2 is 1.96 bits per heavy atom. The van der Waals surface area contributed by atoms with Crippen LogP contribution in [0.15, 0.2) is 29.4 Å². The zero-order chi connectivity index (χ0) is 16.4. The van der Waals surface area contributed by atoms with Gasteiger partial charge in [0.15, 0.2) is 0 Å². The normalized spacial score (nSPS) is 15.6. The highest BCUT2D eigenvalue weighted by Gasteiger charge is 2.26. The average molecular weight is 331 g/mol. The van der Waals surface area contributed by atoms with Gasteiger partial charge >= 0.3 is 0 Å². The Morgan fingerprint density at radius 3 is 2.70 bits per heavy atom. The highest BCUT2D eigenvalue weighted by molar-refractivity contribution is 8.00. The van der Waals surface area contributed by atoms with Crippen molar-refractivity contribution in [2.45, 2.75) is 50.2 Å². The fraction of sp³-hybridized carbons (Fsp3) is 0.500. The van der Waals surface area contributed by atoms with Crippen LogP contribution in [0.1, 0.15) is 37.9 Å². The molecule has 0 bridgehead atoms. The van der Waals surface area contributed by atoms with Gasteiger partial charge in [0.05, 0.1) is 11.3 Å². The molecule has 1 aliphatic rings. The molecule has 0 saturated heterocycles. The van der Waals surface area contributed by atoms with E-state index >= 15 is 0 Å². The summed E-state index contributed by atoms with van der Waals surface area (Å²) in [6.45, 7) is 7.43. The molecule has 1 amide bonds. The summed E-state index contributed by atoms with van der Waals surface area (Å²) in [5.41, 5.74) is 2.59. The van der Waals surface area contributed by atoms with Gasteiger partial charge in [-0.25, -0.2) is 4.68 Å². The van der Waals surface area contributed by atoms with Crippen molar-refractivity contribution in [3.05, 3.63) is 35.4 Å². The average Bonchev–Trinajstić information content (AvgIpc) is 3.02. The minimum absolute atomic E-state index is 0.141. The molecule has 1 aliphatic heterocycles. The molecular weight excluding hydrogens is 310 g/mol. The predicted molar refractivity (Wildman–Crippen MR) is 89.1 cm³/mol. The standard InChI is InChI=1S/C16H21N5OS/c1-11(2)21-16(17-18-19-21)23-12(3)15(22)20-9-8-13-6-4-5-7-14(13)10-20/h4-7,11-12H,8-10H2,1-3H3/t12-/m0/s1. The lowest BCUT2D eigenvalue weighted by Gasteiger charge is -2.30. The van der Waals surface area contributed by atoms with Gasteiger partial charge in [-0.3, -0.25) is 4.79 Å². The highest BCUT2D eigenvalue weighted by atomic mass is 32.2. The predicted octanol–water partition coefficient (Wildman–Crippen LogP) is 2.32. The molecule has 1 aromatic carbocycles. The van der Waals surface area contributed by atoms with Crippen LogP contribution in [0.5, 0.6) is 0 Å². The van der Waals surface area contributed by atoms with E-state index in [1.807, 2.05) is 31.7 Å². The number of aromatic nitrogens is 4. The molecular formula is C16H21N5OS. The van der Waals surface area contributed by atoms with Gasteiger partial charge < -0.3 is 4.90 Å². The minimum atomic E-state index is -0.205. The Morgan fingerprint density at radius 1 is 1.22 bits per heavy atom. The van der Waals surface area contributed by atoms with Crippen LogP contribution in [-0.2, 0) is 17.8 Å². The first kappa shape index (κ1) is 16.0. The Kier molecular flexibility index (Phi) is 4.66. The first-order chi connectivity index (χ1) is 11.1. The van der Waals surface area contributed by atoms with E-state index < -0.39 is 0 Å². The van der Waals surface area contributed by atoms with E-state index in [-0.39, 0.29) is 17.2 Å². The molecule has 3 rings (SSSR count). The fourth-order valence-electron chi connectivity index (χ4n) is 2.74. The summed E-state index contributed by atoms with van der Waals surface area (Å²) < 4.78 is 1.75. The molecule has 2 aromatic rings. The number of fused-ring (bicyclic) bond motifs is 1. The molecule has 0 spiro atoms. The number of carbonyl (C=O) groups is 1. The molecule has 7 heteroatoms. The van der Waals surface area contributed by atoms with Crippen LogP contribution in [0.3, 0.4) is 0 Å². The molecule has 1 atom stereocenters. The molecule has 1 aromatic heterocycles. The molecule has 122 valence electrons. The second-order valence-electron chi connectivity index (χ2n) is 6.04. The maximum Gasteiger partial charge on any atom is 0.236 e. The van der Waals surface area contributed by atoms with Gasteiger partial charge in [-0.05, 0) is 48.7 Å². The Balaban J connectivity index is 1.67. The lowest BCUT2D eigenvalue weighted by molar-refractivity contribution is -0.131. The van der Waals surface area contributed by atoms with Crippen LogP contribution in [-0.4, -0.2) is 42.8 Å². The maximum atomic E-state index is 12.7. The molecule has 0 N–H and O–H groups in total. The van der Waals surface area contributed by atoms with Gasteiger partial charge in [0.2, 0.25) is 11.1 Å². The van der Waals surface area contributed by atoms with Gasteiger partial charge in [0, 0.05) is 13.1 Å². The van der Waals surface area contributed by atoms with E-state index in [4.69, 9.17) is 0 Å². The van der Waals surface area contributed by atoms with Crippen molar-refractivity contribution in [3.63, 3.8) is 0 Å². The second-order valence-corrected chi connectivity index (χ2v) is 7.35. The van der Waals surface area contributed by atoms with Crippen molar-refractivity contribution in [3.8, 4) is 0 Å². The third kappa shape index (κ3) is 3.39. The van der Waals surface area contributed by atoms with Crippen molar-refractivity contribution in [1.29, 1.82) is 0 Å². The molecule has 0 unspecified atom stereocenters. The first-order valence-electron chi connectivity index (χ1n) is 7.86. The van der Waals surface area contributed by atoms with Crippen molar-refractivity contribution in [2.24, 2.45) is 0 Å². The SMILES string of the molecule is CC(C)n1nnnc1S[C@@H](C)C(=O)N1CCc2ccccc2C1.